The molecule has 0 aromatic rings. The highest BCUT2D eigenvalue weighted by atomic mass is 19.4. The van der Waals surface area contributed by atoms with E-state index in [4.69, 9.17) is 28.4 Å². The molecule has 0 N–H and O–H groups in total. The molecule has 9 nitrogen and oxygen atoms in total. The summed E-state index contributed by atoms with van der Waals surface area (Å²) < 4.78 is 106. The van der Waals surface area contributed by atoms with Crippen LogP contribution in [0.4, 0.5) is 26.3 Å². The molecule has 1 spiro atoms. The molecule has 6 aliphatic carbocycles. The van der Waals surface area contributed by atoms with Crippen LogP contribution in [0.25, 0.3) is 0 Å². The van der Waals surface area contributed by atoms with Gasteiger partial charge in [0.05, 0.1) is 25.2 Å². The molecule has 4 aliphatic heterocycles. The van der Waals surface area contributed by atoms with Crippen LogP contribution >= 0.6 is 0 Å². The molecule has 5 saturated carbocycles. The summed E-state index contributed by atoms with van der Waals surface area (Å²) in [6.45, 7) is 9.65. The van der Waals surface area contributed by atoms with Crippen LogP contribution in [0.5, 0.6) is 0 Å². The number of hydrogen-bond donors (Lipinski definition) is 0. The van der Waals surface area contributed by atoms with Crippen LogP contribution in [0, 0.1) is 46.8 Å². The number of rotatable bonds is 4. The minimum atomic E-state index is -4.84. The number of allylic oxidation sites excluding steroid dienone is 2. The average molecular weight is 733 g/mol. The van der Waals surface area contributed by atoms with Gasteiger partial charge in [0.2, 0.25) is 0 Å². The van der Waals surface area contributed by atoms with Gasteiger partial charge in [0, 0.05) is 5.41 Å². The van der Waals surface area contributed by atoms with Crippen molar-refractivity contribution < 1.29 is 69.1 Å². The minimum Gasteiger partial charge on any atom is -0.455 e. The predicted octanol–water partition coefficient (Wildman–Crippen LogP) is 6.17. The summed E-state index contributed by atoms with van der Waals surface area (Å²) >= 11 is 0. The molecule has 8 bridgehead atoms. The molecule has 0 aromatic heterocycles. The lowest BCUT2D eigenvalue weighted by Gasteiger charge is -2.59. The van der Waals surface area contributed by atoms with Crippen molar-refractivity contribution in [2.24, 2.45) is 46.8 Å². The van der Waals surface area contributed by atoms with E-state index < -0.39 is 77.3 Å². The molecule has 4 heterocycles. The van der Waals surface area contributed by atoms with E-state index in [0.29, 0.717) is 30.5 Å². The first-order chi connectivity index (χ1) is 23.9. The minimum absolute atomic E-state index is 0.212. The third-order valence-electron chi connectivity index (χ3n) is 12.8. The Kier molecular flexibility index (Phi) is 9.21. The Bertz CT molecular complexity index is 1450. The first-order valence-electron chi connectivity index (χ1n) is 17.5. The largest absolute Gasteiger partial charge is 0.455 e. The fraction of sp³-hybridized carbons (Fsp3) is 0.750. The molecule has 7 unspecified atom stereocenters. The van der Waals surface area contributed by atoms with Gasteiger partial charge in [0.15, 0.2) is 12.2 Å². The van der Waals surface area contributed by atoms with Gasteiger partial charge in [-0.05, 0) is 93.8 Å². The number of carbonyl (C=O) groups is 3. The Hall–Kier alpha value is -2.91. The Morgan fingerprint density at radius 1 is 0.824 bits per heavy atom. The fourth-order valence-corrected chi connectivity index (χ4v) is 10.3. The topological polar surface area (TPSA) is 107 Å². The molecule has 282 valence electrons. The van der Waals surface area contributed by atoms with E-state index in [1.54, 1.807) is 0 Å². The van der Waals surface area contributed by atoms with Gasteiger partial charge < -0.3 is 28.4 Å². The van der Waals surface area contributed by atoms with Crippen LogP contribution in [0.2, 0.25) is 0 Å². The summed E-state index contributed by atoms with van der Waals surface area (Å²) in [7, 11) is 0. The molecule has 15 heteroatoms. The van der Waals surface area contributed by atoms with Crippen LogP contribution in [-0.4, -0.2) is 80.3 Å². The first-order valence-corrected chi connectivity index (χ1v) is 17.5. The summed E-state index contributed by atoms with van der Waals surface area (Å²) in [5, 5.41) is 0. The van der Waals surface area contributed by atoms with Crippen molar-refractivity contribution in [2.75, 3.05) is 20.0 Å². The highest BCUT2D eigenvalue weighted by molar-refractivity contribution is 5.90. The second-order valence-electron chi connectivity index (χ2n) is 16.0. The SMILES string of the molecule is C1=CC2CC1CC21COCOC1.C=C(C(=O)OC1(C)C2CC3CC(C2)CC1C3)C(F)(F)F.C=C(C(=O)OC1C2CC3C(=O)OC1C3O2)C(F)(F)F. The molecule has 0 radical (unpaired) electrons. The standard InChI is InChI=1S/C15H19F3O2.C11H9F3O5.C10H14O2/c1-8(15(16,17)18)13(19)20-14(2)11-4-9-3-10(6-11)7-12(14)5-9;1-3(11(12,13)14)9(15)18-7-5-2-4-6(17-5)8(7)19-10(4)16;1-2-9-3-8(1)4-10(9)5-11-7-12-6-10/h9-12H,1,3-7H2,2H3;4-8H,1-2H2;1-2,8-9H,3-7H2. The normalized spacial score (nSPS) is 41.4. The molecule has 7 atom stereocenters. The molecule has 51 heavy (non-hydrogen) atoms. The summed E-state index contributed by atoms with van der Waals surface area (Å²) in [6.07, 6.45) is 0.380. The smallest absolute Gasteiger partial charge is 0.422 e. The summed E-state index contributed by atoms with van der Waals surface area (Å²) in [5.74, 6) is -0.372. The van der Waals surface area contributed by atoms with Crippen LogP contribution in [0.3, 0.4) is 0 Å². The van der Waals surface area contributed by atoms with Gasteiger partial charge in [0.25, 0.3) is 0 Å². The molecular weight excluding hydrogens is 690 g/mol. The van der Waals surface area contributed by atoms with Crippen molar-refractivity contribution in [1.29, 1.82) is 0 Å². The summed E-state index contributed by atoms with van der Waals surface area (Å²) in [4.78, 5) is 34.5. The molecule has 0 aromatic carbocycles. The average Bonchev–Trinajstić information content (AvgIpc) is 3.87. The number of carbonyl (C=O) groups excluding carboxylic acids is 3. The van der Waals surface area contributed by atoms with E-state index in [1.165, 1.54) is 19.3 Å². The molecule has 10 aliphatic rings. The van der Waals surface area contributed by atoms with E-state index in [0.717, 1.165) is 50.7 Å². The van der Waals surface area contributed by atoms with Crippen molar-refractivity contribution in [3.63, 3.8) is 0 Å². The van der Waals surface area contributed by atoms with Crippen LogP contribution in [-0.2, 0) is 42.8 Å². The van der Waals surface area contributed by atoms with Gasteiger partial charge in [-0.1, -0.05) is 25.3 Å². The fourth-order valence-electron chi connectivity index (χ4n) is 10.3. The van der Waals surface area contributed by atoms with E-state index in [1.807, 2.05) is 6.92 Å². The van der Waals surface area contributed by atoms with Crippen LogP contribution < -0.4 is 0 Å². The van der Waals surface area contributed by atoms with Gasteiger partial charge in [-0.3, -0.25) is 4.79 Å². The van der Waals surface area contributed by atoms with Gasteiger partial charge >= 0.3 is 30.3 Å². The molecule has 10 rings (SSSR count). The van der Waals surface area contributed by atoms with Gasteiger partial charge in [-0.15, -0.1) is 0 Å². The second-order valence-corrected chi connectivity index (χ2v) is 16.0. The Morgan fingerprint density at radius 2 is 1.41 bits per heavy atom. The number of fused-ring (bicyclic) bond motifs is 4. The number of alkyl halides is 6. The Labute approximate surface area is 291 Å². The lowest BCUT2D eigenvalue weighted by atomic mass is 9.50. The third-order valence-corrected chi connectivity index (χ3v) is 12.8. The van der Waals surface area contributed by atoms with E-state index in [9.17, 15) is 40.7 Å². The zero-order valence-corrected chi connectivity index (χ0v) is 28.1. The predicted molar refractivity (Wildman–Crippen MR) is 163 cm³/mol. The van der Waals surface area contributed by atoms with Crippen molar-refractivity contribution in [3.05, 3.63) is 36.5 Å². The molecule has 9 fully saturated rings. The maximum Gasteiger partial charge on any atom is 0.422 e. The second kappa shape index (κ2) is 12.9. The van der Waals surface area contributed by atoms with E-state index >= 15 is 0 Å². The molecule has 0 amide bonds. The van der Waals surface area contributed by atoms with Gasteiger partial charge in [0.1, 0.15) is 29.6 Å². The summed E-state index contributed by atoms with van der Waals surface area (Å²) in [6, 6.07) is 0. The Morgan fingerprint density at radius 3 is 1.94 bits per heavy atom. The molecular formula is C36H42F6O9. The quantitative estimate of drug-likeness (QED) is 0.110. The maximum absolute atomic E-state index is 12.5. The van der Waals surface area contributed by atoms with Crippen molar-refractivity contribution in [3.8, 4) is 0 Å². The zero-order valence-electron chi connectivity index (χ0n) is 28.1. The van der Waals surface area contributed by atoms with Gasteiger partial charge in [-0.2, -0.15) is 26.3 Å². The van der Waals surface area contributed by atoms with E-state index in [-0.39, 0.29) is 11.8 Å². The van der Waals surface area contributed by atoms with Crippen LogP contribution in [0.15, 0.2) is 36.5 Å². The monoisotopic (exact) mass is 732 g/mol. The highest BCUT2D eigenvalue weighted by Crippen LogP contribution is 2.60. The number of ether oxygens (including phenoxy) is 6. The number of hydrogen-bond acceptors (Lipinski definition) is 9. The lowest BCUT2D eigenvalue weighted by Crippen LogP contribution is -2.58. The molecule has 4 saturated heterocycles. The number of esters is 3. The van der Waals surface area contributed by atoms with Gasteiger partial charge in [-0.25, -0.2) is 9.59 Å². The van der Waals surface area contributed by atoms with E-state index in [2.05, 4.69) is 25.3 Å². The number of halogens is 6. The van der Waals surface area contributed by atoms with Crippen molar-refractivity contribution in [2.45, 2.75) is 101 Å². The van der Waals surface area contributed by atoms with Crippen molar-refractivity contribution >= 4 is 17.9 Å². The Balaban J connectivity index is 0.000000123. The highest BCUT2D eigenvalue weighted by Gasteiger charge is 2.65. The lowest BCUT2D eigenvalue weighted by molar-refractivity contribution is -0.204. The summed E-state index contributed by atoms with van der Waals surface area (Å²) in [5.41, 5.74) is -3.36. The first kappa shape index (κ1) is 36.4. The van der Waals surface area contributed by atoms with Crippen LogP contribution in [0.1, 0.15) is 58.3 Å². The van der Waals surface area contributed by atoms with Crippen molar-refractivity contribution in [1.82, 2.24) is 0 Å². The zero-order chi connectivity index (χ0) is 36.7. The third kappa shape index (κ3) is 6.64. The maximum atomic E-state index is 12.5.